The third-order valence-corrected chi connectivity index (χ3v) is 3.60. The summed E-state index contributed by atoms with van der Waals surface area (Å²) in [6.45, 7) is 7.04. The number of amides is 1. The molecule has 0 aromatic heterocycles. The zero-order valence-corrected chi connectivity index (χ0v) is 13.6. The molecule has 2 aromatic rings. The minimum Gasteiger partial charge on any atom is -0.496 e. The van der Waals surface area contributed by atoms with Crippen LogP contribution < -0.4 is 10.1 Å². The zero-order chi connectivity index (χ0) is 16.2. The van der Waals surface area contributed by atoms with Gasteiger partial charge in [-0.1, -0.05) is 57.2 Å². The number of para-hydroxylation sites is 1. The molecule has 22 heavy (non-hydrogen) atoms. The molecule has 3 heteroatoms. The van der Waals surface area contributed by atoms with Crippen LogP contribution >= 0.6 is 0 Å². The molecule has 0 unspecified atom stereocenters. The largest absolute Gasteiger partial charge is 0.496 e. The first-order valence-electron chi connectivity index (χ1n) is 7.42. The van der Waals surface area contributed by atoms with Crippen LogP contribution in [0.3, 0.4) is 0 Å². The smallest absolute Gasteiger partial charge is 0.255 e. The standard InChI is InChI=1S/C19H23NO2/c1-19(2,3)15-9-7-8-14(12-15)13-20-18(21)16-10-5-6-11-17(16)22-4/h5-12H,13H2,1-4H3,(H,20,21). The maximum absolute atomic E-state index is 12.3. The first-order valence-corrected chi connectivity index (χ1v) is 7.42. The van der Waals surface area contributed by atoms with E-state index in [1.807, 2.05) is 24.3 Å². The predicted molar refractivity (Wildman–Crippen MR) is 89.3 cm³/mol. The van der Waals surface area contributed by atoms with Crippen molar-refractivity contribution in [2.24, 2.45) is 0 Å². The van der Waals surface area contributed by atoms with Crippen LogP contribution in [0.25, 0.3) is 0 Å². The molecule has 0 saturated heterocycles. The molecule has 0 aliphatic heterocycles. The number of rotatable bonds is 4. The summed E-state index contributed by atoms with van der Waals surface area (Å²) in [6.07, 6.45) is 0. The number of hydrogen-bond acceptors (Lipinski definition) is 2. The van der Waals surface area contributed by atoms with E-state index in [1.54, 1.807) is 19.2 Å². The van der Waals surface area contributed by atoms with Gasteiger partial charge in [0.05, 0.1) is 12.7 Å². The maximum atomic E-state index is 12.3. The van der Waals surface area contributed by atoms with Gasteiger partial charge in [0.25, 0.3) is 5.91 Å². The van der Waals surface area contributed by atoms with Gasteiger partial charge in [-0.25, -0.2) is 0 Å². The van der Waals surface area contributed by atoms with Gasteiger partial charge in [0.1, 0.15) is 5.75 Å². The fraction of sp³-hybridized carbons (Fsp3) is 0.316. The molecule has 3 nitrogen and oxygen atoms in total. The van der Waals surface area contributed by atoms with Crippen molar-refractivity contribution >= 4 is 5.91 Å². The molecule has 0 aliphatic rings. The van der Waals surface area contributed by atoms with Crippen molar-refractivity contribution in [3.63, 3.8) is 0 Å². The Labute approximate surface area is 132 Å². The molecule has 1 amide bonds. The van der Waals surface area contributed by atoms with Crippen LogP contribution in [0.1, 0.15) is 42.3 Å². The van der Waals surface area contributed by atoms with Crippen LogP contribution in [0.5, 0.6) is 5.75 Å². The van der Waals surface area contributed by atoms with Crippen LogP contribution in [-0.2, 0) is 12.0 Å². The molecule has 0 radical (unpaired) electrons. The third kappa shape index (κ3) is 3.88. The highest BCUT2D eigenvalue weighted by molar-refractivity contribution is 5.96. The minimum absolute atomic E-state index is 0.0999. The lowest BCUT2D eigenvalue weighted by atomic mass is 9.86. The van der Waals surface area contributed by atoms with Gasteiger partial charge in [0.15, 0.2) is 0 Å². The number of methoxy groups -OCH3 is 1. The van der Waals surface area contributed by atoms with Gasteiger partial charge in [-0.2, -0.15) is 0 Å². The van der Waals surface area contributed by atoms with Gasteiger partial charge in [-0.15, -0.1) is 0 Å². The maximum Gasteiger partial charge on any atom is 0.255 e. The van der Waals surface area contributed by atoms with Gasteiger partial charge in [0, 0.05) is 6.54 Å². The average molecular weight is 297 g/mol. The molecule has 0 bridgehead atoms. The lowest BCUT2D eigenvalue weighted by Gasteiger charge is -2.20. The Morgan fingerprint density at radius 2 is 1.82 bits per heavy atom. The molecule has 0 aliphatic carbocycles. The molecule has 0 heterocycles. The molecule has 2 rings (SSSR count). The van der Waals surface area contributed by atoms with Crippen LogP contribution in [0, 0.1) is 0 Å². The molecular formula is C19H23NO2. The molecule has 2 aromatic carbocycles. The topological polar surface area (TPSA) is 38.3 Å². The highest BCUT2D eigenvalue weighted by Gasteiger charge is 2.14. The average Bonchev–Trinajstić information content (AvgIpc) is 2.52. The highest BCUT2D eigenvalue weighted by Crippen LogP contribution is 2.23. The van der Waals surface area contributed by atoms with E-state index in [1.165, 1.54) is 5.56 Å². The summed E-state index contributed by atoms with van der Waals surface area (Å²) in [5.41, 5.74) is 3.01. The number of carbonyl (C=O) groups is 1. The van der Waals surface area contributed by atoms with Crippen LogP contribution in [0.4, 0.5) is 0 Å². The van der Waals surface area contributed by atoms with Crippen molar-refractivity contribution in [2.45, 2.75) is 32.7 Å². The number of carbonyl (C=O) groups excluding carboxylic acids is 1. The predicted octanol–water partition coefficient (Wildman–Crippen LogP) is 3.92. The number of nitrogens with one attached hydrogen (secondary N) is 1. The Hall–Kier alpha value is -2.29. The van der Waals surface area contributed by atoms with E-state index in [9.17, 15) is 4.79 Å². The van der Waals surface area contributed by atoms with Gasteiger partial charge in [0.2, 0.25) is 0 Å². The Morgan fingerprint density at radius 3 is 2.50 bits per heavy atom. The summed E-state index contributed by atoms with van der Waals surface area (Å²) in [4.78, 5) is 12.3. The zero-order valence-electron chi connectivity index (χ0n) is 13.6. The quantitative estimate of drug-likeness (QED) is 0.928. The van der Waals surface area contributed by atoms with E-state index in [0.717, 1.165) is 5.56 Å². The second-order valence-electron chi connectivity index (χ2n) is 6.33. The normalized spacial score (nSPS) is 11.1. The van der Waals surface area contributed by atoms with E-state index in [4.69, 9.17) is 4.74 Å². The molecule has 0 spiro atoms. The van der Waals surface area contributed by atoms with Gasteiger partial charge in [-0.05, 0) is 28.7 Å². The second-order valence-corrected chi connectivity index (χ2v) is 6.33. The summed E-state index contributed by atoms with van der Waals surface area (Å²) in [7, 11) is 1.57. The fourth-order valence-electron chi connectivity index (χ4n) is 2.26. The van der Waals surface area contributed by atoms with Crippen molar-refractivity contribution in [3.8, 4) is 5.75 Å². The van der Waals surface area contributed by atoms with Crippen molar-refractivity contribution in [3.05, 3.63) is 65.2 Å². The third-order valence-electron chi connectivity index (χ3n) is 3.60. The minimum atomic E-state index is -0.126. The molecule has 1 N–H and O–H groups in total. The van der Waals surface area contributed by atoms with Gasteiger partial charge < -0.3 is 10.1 Å². The van der Waals surface area contributed by atoms with E-state index in [-0.39, 0.29) is 11.3 Å². The van der Waals surface area contributed by atoms with Gasteiger partial charge in [-0.3, -0.25) is 4.79 Å². The summed E-state index contributed by atoms with van der Waals surface area (Å²) >= 11 is 0. The van der Waals surface area contributed by atoms with Crippen molar-refractivity contribution < 1.29 is 9.53 Å². The Balaban J connectivity index is 2.08. The summed E-state index contributed by atoms with van der Waals surface area (Å²) in [5.74, 6) is 0.460. The number of hydrogen-bond donors (Lipinski definition) is 1. The van der Waals surface area contributed by atoms with Crippen LogP contribution in [0.15, 0.2) is 48.5 Å². The first kappa shape index (κ1) is 16.1. The second kappa shape index (κ2) is 6.65. The SMILES string of the molecule is COc1ccccc1C(=O)NCc1cccc(C(C)(C)C)c1. The molecule has 0 saturated carbocycles. The van der Waals surface area contributed by atoms with Crippen LogP contribution in [-0.4, -0.2) is 13.0 Å². The molecular weight excluding hydrogens is 274 g/mol. The van der Waals surface area contributed by atoms with E-state index in [2.05, 4.69) is 38.2 Å². The van der Waals surface area contributed by atoms with E-state index < -0.39 is 0 Å². The van der Waals surface area contributed by atoms with E-state index >= 15 is 0 Å². The van der Waals surface area contributed by atoms with Gasteiger partial charge >= 0.3 is 0 Å². The summed E-state index contributed by atoms with van der Waals surface area (Å²) in [6, 6.07) is 15.5. The summed E-state index contributed by atoms with van der Waals surface area (Å²) in [5, 5.41) is 2.95. The summed E-state index contributed by atoms with van der Waals surface area (Å²) < 4.78 is 5.22. The lowest BCUT2D eigenvalue weighted by molar-refractivity contribution is 0.0948. The first-order chi connectivity index (χ1) is 10.4. The van der Waals surface area contributed by atoms with Crippen molar-refractivity contribution in [2.75, 3.05) is 7.11 Å². The molecule has 0 atom stereocenters. The van der Waals surface area contributed by atoms with E-state index in [0.29, 0.717) is 17.9 Å². The van der Waals surface area contributed by atoms with Crippen LogP contribution in [0.2, 0.25) is 0 Å². The number of ether oxygens (including phenoxy) is 1. The number of benzene rings is 2. The Bertz CT molecular complexity index is 656. The Kier molecular flexibility index (Phi) is 4.86. The molecule has 116 valence electrons. The van der Waals surface area contributed by atoms with Crippen molar-refractivity contribution in [1.29, 1.82) is 0 Å². The Morgan fingerprint density at radius 1 is 1.09 bits per heavy atom. The van der Waals surface area contributed by atoms with Crippen molar-refractivity contribution in [1.82, 2.24) is 5.32 Å². The fourth-order valence-corrected chi connectivity index (χ4v) is 2.26. The monoisotopic (exact) mass is 297 g/mol. The molecule has 0 fully saturated rings. The highest BCUT2D eigenvalue weighted by atomic mass is 16.5. The lowest BCUT2D eigenvalue weighted by Crippen LogP contribution is -2.23.